The lowest BCUT2D eigenvalue weighted by Crippen LogP contribution is -2.34. The lowest BCUT2D eigenvalue weighted by molar-refractivity contribution is 0.304. The lowest BCUT2D eigenvalue weighted by Gasteiger charge is -2.17. The molecule has 2 N–H and O–H groups in total. The quantitative estimate of drug-likeness (QED) is 0.638. The Kier molecular flexibility index (Phi) is 1.69. The third kappa shape index (κ3) is 1.57. The standard InChI is InChI=1S/C9H18N2/c1-8(10)6-11-5-4-9(7-11)2-3-9/h8H,2-7,10H2,1H3. The van der Waals surface area contributed by atoms with E-state index in [9.17, 15) is 0 Å². The van der Waals surface area contributed by atoms with Gasteiger partial charge in [-0.25, -0.2) is 0 Å². The molecule has 2 heteroatoms. The summed E-state index contributed by atoms with van der Waals surface area (Å²) in [6.07, 6.45) is 4.38. The summed E-state index contributed by atoms with van der Waals surface area (Å²) in [7, 11) is 0. The number of hydrogen-bond donors (Lipinski definition) is 1. The van der Waals surface area contributed by atoms with Gasteiger partial charge in [0.05, 0.1) is 0 Å². The van der Waals surface area contributed by atoms with Crippen LogP contribution in [0, 0.1) is 5.41 Å². The Morgan fingerprint density at radius 3 is 2.64 bits per heavy atom. The molecule has 0 bridgehead atoms. The van der Waals surface area contributed by atoms with Crippen LogP contribution in [0.1, 0.15) is 26.2 Å². The molecule has 64 valence electrons. The van der Waals surface area contributed by atoms with Gasteiger partial charge in [-0.3, -0.25) is 0 Å². The molecule has 2 rings (SSSR count). The van der Waals surface area contributed by atoms with Crippen LogP contribution in [-0.4, -0.2) is 30.6 Å². The summed E-state index contributed by atoms with van der Waals surface area (Å²) in [6, 6.07) is 0.351. The van der Waals surface area contributed by atoms with E-state index in [1.54, 1.807) is 0 Å². The number of nitrogens with two attached hydrogens (primary N) is 1. The molecule has 1 aliphatic carbocycles. The van der Waals surface area contributed by atoms with E-state index in [0.717, 1.165) is 12.0 Å². The third-order valence-electron chi connectivity index (χ3n) is 3.02. The summed E-state index contributed by atoms with van der Waals surface area (Å²) in [5.74, 6) is 0. The molecule has 1 aliphatic heterocycles. The molecule has 1 atom stereocenters. The minimum Gasteiger partial charge on any atom is -0.327 e. The van der Waals surface area contributed by atoms with Crippen molar-refractivity contribution in [1.82, 2.24) is 4.90 Å². The zero-order valence-corrected chi connectivity index (χ0v) is 7.34. The van der Waals surface area contributed by atoms with Crippen LogP contribution in [0.4, 0.5) is 0 Å². The van der Waals surface area contributed by atoms with E-state index in [0.29, 0.717) is 6.04 Å². The van der Waals surface area contributed by atoms with E-state index in [-0.39, 0.29) is 0 Å². The van der Waals surface area contributed by atoms with Crippen molar-refractivity contribution >= 4 is 0 Å². The van der Waals surface area contributed by atoms with Crippen LogP contribution >= 0.6 is 0 Å². The lowest BCUT2D eigenvalue weighted by atomic mass is 10.1. The van der Waals surface area contributed by atoms with Gasteiger partial charge >= 0.3 is 0 Å². The predicted molar refractivity (Wildman–Crippen MR) is 46.4 cm³/mol. The average Bonchev–Trinajstić information content (AvgIpc) is 2.51. The molecule has 1 spiro atoms. The fourth-order valence-electron chi connectivity index (χ4n) is 2.18. The second-order valence-corrected chi connectivity index (χ2v) is 4.46. The van der Waals surface area contributed by atoms with Crippen LogP contribution in [0.2, 0.25) is 0 Å². The second-order valence-electron chi connectivity index (χ2n) is 4.46. The first-order valence-corrected chi connectivity index (χ1v) is 4.68. The molecular formula is C9H18N2. The Morgan fingerprint density at radius 2 is 2.18 bits per heavy atom. The summed E-state index contributed by atoms with van der Waals surface area (Å²) in [5, 5.41) is 0. The fraction of sp³-hybridized carbons (Fsp3) is 1.00. The maximum Gasteiger partial charge on any atom is 0.0139 e. The van der Waals surface area contributed by atoms with Crippen molar-refractivity contribution in [2.24, 2.45) is 11.1 Å². The van der Waals surface area contributed by atoms with Crippen molar-refractivity contribution in [2.75, 3.05) is 19.6 Å². The van der Waals surface area contributed by atoms with Crippen LogP contribution in [0.25, 0.3) is 0 Å². The Hall–Kier alpha value is -0.0800. The van der Waals surface area contributed by atoms with Crippen molar-refractivity contribution in [3.63, 3.8) is 0 Å². The Bertz CT molecular complexity index is 150. The first-order valence-electron chi connectivity index (χ1n) is 4.68. The smallest absolute Gasteiger partial charge is 0.0139 e. The predicted octanol–water partition coefficient (Wildman–Crippen LogP) is 0.819. The first-order chi connectivity index (χ1) is 5.20. The van der Waals surface area contributed by atoms with Gasteiger partial charge in [0.15, 0.2) is 0 Å². The van der Waals surface area contributed by atoms with Crippen molar-refractivity contribution in [1.29, 1.82) is 0 Å². The molecule has 2 fully saturated rings. The minimum atomic E-state index is 0.351. The van der Waals surface area contributed by atoms with Crippen LogP contribution in [0.5, 0.6) is 0 Å². The normalized spacial score (nSPS) is 31.1. The summed E-state index contributed by atoms with van der Waals surface area (Å²) in [5.41, 5.74) is 6.51. The SMILES string of the molecule is CC(N)CN1CCC2(CC2)C1. The molecule has 1 heterocycles. The third-order valence-corrected chi connectivity index (χ3v) is 3.02. The summed E-state index contributed by atoms with van der Waals surface area (Å²) < 4.78 is 0. The van der Waals surface area contributed by atoms with Crippen molar-refractivity contribution in [2.45, 2.75) is 32.2 Å². The van der Waals surface area contributed by atoms with E-state index in [1.807, 2.05) is 0 Å². The van der Waals surface area contributed by atoms with Gasteiger partial charge in [-0.1, -0.05) is 0 Å². The highest BCUT2D eigenvalue weighted by Gasteiger charge is 2.47. The maximum atomic E-state index is 5.74. The molecule has 1 unspecified atom stereocenters. The molecule has 0 aromatic heterocycles. The molecule has 2 nitrogen and oxygen atoms in total. The number of hydrogen-bond acceptors (Lipinski definition) is 2. The van der Waals surface area contributed by atoms with Crippen molar-refractivity contribution in [3.8, 4) is 0 Å². The van der Waals surface area contributed by atoms with Crippen molar-refractivity contribution in [3.05, 3.63) is 0 Å². The highest BCUT2D eigenvalue weighted by atomic mass is 15.2. The molecule has 0 radical (unpaired) electrons. The minimum absolute atomic E-state index is 0.351. The maximum absolute atomic E-state index is 5.74. The second kappa shape index (κ2) is 2.46. The molecule has 0 aromatic rings. The molecule has 1 saturated carbocycles. The molecule has 2 aliphatic rings. The first kappa shape index (κ1) is 7.56. The van der Waals surface area contributed by atoms with Crippen LogP contribution in [0.15, 0.2) is 0 Å². The van der Waals surface area contributed by atoms with Gasteiger partial charge in [0.25, 0.3) is 0 Å². The summed E-state index contributed by atoms with van der Waals surface area (Å²) in [4.78, 5) is 2.53. The van der Waals surface area contributed by atoms with Crippen LogP contribution in [0.3, 0.4) is 0 Å². The summed E-state index contributed by atoms with van der Waals surface area (Å²) in [6.45, 7) is 5.82. The van der Waals surface area contributed by atoms with Gasteiger partial charge in [-0.2, -0.15) is 0 Å². The van der Waals surface area contributed by atoms with E-state index in [1.165, 1.54) is 32.4 Å². The van der Waals surface area contributed by atoms with Gasteiger partial charge in [0, 0.05) is 19.1 Å². The van der Waals surface area contributed by atoms with E-state index in [2.05, 4.69) is 11.8 Å². The van der Waals surface area contributed by atoms with Gasteiger partial charge in [0.1, 0.15) is 0 Å². The van der Waals surface area contributed by atoms with Crippen LogP contribution < -0.4 is 5.73 Å². The molecule has 11 heavy (non-hydrogen) atoms. The highest BCUT2D eigenvalue weighted by Crippen LogP contribution is 2.52. The highest BCUT2D eigenvalue weighted by molar-refractivity contribution is 5.00. The fourth-order valence-corrected chi connectivity index (χ4v) is 2.18. The number of rotatable bonds is 2. The number of likely N-dealkylation sites (tertiary alicyclic amines) is 1. The zero-order chi connectivity index (χ0) is 7.90. The van der Waals surface area contributed by atoms with E-state index >= 15 is 0 Å². The van der Waals surface area contributed by atoms with E-state index in [4.69, 9.17) is 5.73 Å². The Labute approximate surface area is 68.7 Å². The topological polar surface area (TPSA) is 29.3 Å². The zero-order valence-electron chi connectivity index (χ0n) is 7.34. The monoisotopic (exact) mass is 154 g/mol. The summed E-state index contributed by atoms with van der Waals surface area (Å²) >= 11 is 0. The van der Waals surface area contributed by atoms with Gasteiger partial charge in [0.2, 0.25) is 0 Å². The van der Waals surface area contributed by atoms with Crippen LogP contribution in [-0.2, 0) is 0 Å². The van der Waals surface area contributed by atoms with Gasteiger partial charge in [-0.05, 0) is 38.1 Å². The average molecular weight is 154 g/mol. The largest absolute Gasteiger partial charge is 0.327 e. The molecule has 1 saturated heterocycles. The van der Waals surface area contributed by atoms with Gasteiger partial charge in [-0.15, -0.1) is 0 Å². The molecule has 0 amide bonds. The number of nitrogens with zero attached hydrogens (tertiary/aromatic N) is 1. The van der Waals surface area contributed by atoms with Gasteiger partial charge < -0.3 is 10.6 Å². The van der Waals surface area contributed by atoms with E-state index < -0.39 is 0 Å². The molecule has 0 aromatic carbocycles. The Balaban J connectivity index is 1.80. The Morgan fingerprint density at radius 1 is 1.45 bits per heavy atom. The molecular weight excluding hydrogens is 136 g/mol. The van der Waals surface area contributed by atoms with Crippen molar-refractivity contribution < 1.29 is 0 Å².